The first-order valence-corrected chi connectivity index (χ1v) is 6.31. The topological polar surface area (TPSA) is 58.5 Å². The lowest BCUT2D eigenvalue weighted by molar-refractivity contribution is 0.602. The average Bonchev–Trinajstić information content (AvgIpc) is 2.14. The van der Waals surface area contributed by atoms with Crippen LogP contribution in [-0.2, 0) is 10.0 Å². The van der Waals surface area contributed by atoms with Gasteiger partial charge in [0.2, 0.25) is 0 Å². The number of nitrogens with one attached hydrogen (secondary N) is 1. The minimum Gasteiger partial charge on any atom is -0.346 e. The highest BCUT2D eigenvalue weighted by Crippen LogP contribution is 2.14. The molecule has 0 aromatic heterocycles. The van der Waals surface area contributed by atoms with Crippen molar-refractivity contribution in [1.82, 2.24) is 5.32 Å². The third-order valence-corrected chi connectivity index (χ3v) is 3.30. The van der Waals surface area contributed by atoms with Crippen molar-refractivity contribution in [3.05, 3.63) is 11.1 Å². The van der Waals surface area contributed by atoms with E-state index in [2.05, 4.69) is 9.71 Å². The monoisotopic (exact) mass is 216 g/mol. The maximum atomic E-state index is 11.3. The van der Waals surface area contributed by atoms with Crippen molar-refractivity contribution in [2.24, 2.45) is 10.3 Å². The van der Waals surface area contributed by atoms with E-state index < -0.39 is 10.0 Å². The molecular formula is C9H16N2O2S. The molecule has 1 aliphatic heterocycles. The first-order chi connectivity index (χ1) is 6.48. The Morgan fingerprint density at radius 1 is 1.50 bits per heavy atom. The van der Waals surface area contributed by atoms with Gasteiger partial charge in [-0.25, -0.2) is 0 Å². The third-order valence-electron chi connectivity index (χ3n) is 2.27. The Bertz CT molecular complexity index is 368. The van der Waals surface area contributed by atoms with Gasteiger partial charge in [0.25, 0.3) is 10.0 Å². The van der Waals surface area contributed by atoms with Crippen molar-refractivity contribution in [3.8, 4) is 0 Å². The number of nitrogens with zero attached hydrogens (tertiary/aromatic N) is 1. The summed E-state index contributed by atoms with van der Waals surface area (Å²) in [5.74, 6) is 0.715. The molecule has 0 bridgehead atoms. The summed E-state index contributed by atoms with van der Waals surface area (Å²) in [5.41, 5.74) is 0.718. The van der Waals surface area contributed by atoms with Crippen LogP contribution in [0.15, 0.2) is 15.5 Å². The van der Waals surface area contributed by atoms with E-state index in [1.165, 1.54) is 5.41 Å². The van der Waals surface area contributed by atoms with E-state index in [0.29, 0.717) is 12.3 Å². The van der Waals surface area contributed by atoms with Crippen molar-refractivity contribution in [2.75, 3.05) is 0 Å². The fourth-order valence-electron chi connectivity index (χ4n) is 1.14. The van der Waals surface area contributed by atoms with Gasteiger partial charge in [0.1, 0.15) is 5.84 Å². The molecule has 1 rings (SSSR count). The van der Waals surface area contributed by atoms with Gasteiger partial charge in [0, 0.05) is 11.6 Å². The Morgan fingerprint density at radius 2 is 2.14 bits per heavy atom. The zero-order valence-corrected chi connectivity index (χ0v) is 9.56. The Morgan fingerprint density at radius 3 is 2.64 bits per heavy atom. The largest absolute Gasteiger partial charge is 0.346 e. The van der Waals surface area contributed by atoms with Gasteiger partial charge in [-0.3, -0.25) is 0 Å². The second-order valence-corrected chi connectivity index (χ2v) is 4.87. The SMILES string of the molecule is CCC1=CS(=O)(=O)N=C(C(C)CC)N1. The minimum atomic E-state index is -3.38. The van der Waals surface area contributed by atoms with Crippen LogP contribution in [0.3, 0.4) is 0 Å². The van der Waals surface area contributed by atoms with E-state index in [-0.39, 0.29) is 5.92 Å². The summed E-state index contributed by atoms with van der Waals surface area (Å²) >= 11 is 0. The van der Waals surface area contributed by atoms with Gasteiger partial charge in [-0.1, -0.05) is 20.8 Å². The Hall–Kier alpha value is -0.840. The lowest BCUT2D eigenvalue weighted by atomic mass is 10.1. The summed E-state index contributed by atoms with van der Waals surface area (Å²) in [6, 6.07) is 0. The van der Waals surface area contributed by atoms with Crippen molar-refractivity contribution in [3.63, 3.8) is 0 Å². The van der Waals surface area contributed by atoms with Crippen LogP contribution in [0, 0.1) is 5.92 Å². The van der Waals surface area contributed by atoms with Gasteiger partial charge < -0.3 is 5.32 Å². The van der Waals surface area contributed by atoms with Crippen LogP contribution in [0.2, 0.25) is 0 Å². The molecule has 0 aliphatic carbocycles. The number of hydrogen-bond acceptors (Lipinski definition) is 3. The van der Waals surface area contributed by atoms with Crippen molar-refractivity contribution >= 4 is 15.9 Å². The Labute approximate surface area is 85.2 Å². The van der Waals surface area contributed by atoms with Crippen LogP contribution in [0.1, 0.15) is 33.6 Å². The van der Waals surface area contributed by atoms with E-state index in [0.717, 1.165) is 12.1 Å². The highest BCUT2D eigenvalue weighted by Gasteiger charge is 2.19. The molecule has 1 unspecified atom stereocenters. The zero-order valence-electron chi connectivity index (χ0n) is 8.74. The van der Waals surface area contributed by atoms with Gasteiger partial charge >= 0.3 is 0 Å². The van der Waals surface area contributed by atoms with E-state index in [4.69, 9.17) is 0 Å². The number of allylic oxidation sites excluding steroid dienone is 1. The molecule has 0 saturated carbocycles. The zero-order chi connectivity index (χ0) is 10.8. The second kappa shape index (κ2) is 4.13. The fraction of sp³-hybridized carbons (Fsp3) is 0.667. The molecule has 1 aliphatic rings. The summed E-state index contributed by atoms with van der Waals surface area (Å²) in [6.45, 7) is 5.87. The molecule has 5 heteroatoms. The molecule has 0 aromatic rings. The van der Waals surface area contributed by atoms with Crippen LogP contribution in [0.4, 0.5) is 0 Å². The quantitative estimate of drug-likeness (QED) is 0.779. The second-order valence-electron chi connectivity index (χ2n) is 3.42. The Kier molecular flexibility index (Phi) is 3.31. The molecule has 80 valence electrons. The first kappa shape index (κ1) is 11.2. The van der Waals surface area contributed by atoms with Gasteiger partial charge in [0.05, 0.1) is 5.41 Å². The minimum absolute atomic E-state index is 0.153. The molecule has 1 N–H and O–H groups in total. The summed E-state index contributed by atoms with van der Waals surface area (Å²) in [5, 5.41) is 4.23. The van der Waals surface area contributed by atoms with E-state index in [1.807, 2.05) is 20.8 Å². The van der Waals surface area contributed by atoms with Crippen molar-refractivity contribution in [2.45, 2.75) is 33.6 Å². The normalized spacial score (nSPS) is 21.9. The van der Waals surface area contributed by atoms with Crippen LogP contribution < -0.4 is 5.32 Å². The predicted octanol–water partition coefficient (Wildman–Crippen LogP) is 1.62. The highest BCUT2D eigenvalue weighted by atomic mass is 32.2. The fourth-order valence-corrected chi connectivity index (χ4v) is 2.28. The maximum Gasteiger partial charge on any atom is 0.278 e. The van der Waals surface area contributed by atoms with Crippen LogP contribution in [-0.4, -0.2) is 14.3 Å². The Balaban J connectivity index is 2.98. The number of amidine groups is 1. The summed E-state index contributed by atoms with van der Waals surface area (Å²) in [4.78, 5) is 0. The average molecular weight is 216 g/mol. The number of sulfonamides is 1. The van der Waals surface area contributed by atoms with E-state index in [9.17, 15) is 8.42 Å². The summed E-state index contributed by atoms with van der Waals surface area (Å²) in [7, 11) is -3.38. The third kappa shape index (κ3) is 2.57. The molecule has 0 saturated heterocycles. The van der Waals surface area contributed by atoms with E-state index in [1.54, 1.807) is 0 Å². The van der Waals surface area contributed by atoms with Gasteiger partial charge in [-0.15, -0.1) is 4.40 Å². The number of hydrogen-bond donors (Lipinski definition) is 1. The summed E-state index contributed by atoms with van der Waals surface area (Å²) in [6.07, 6.45) is 1.55. The van der Waals surface area contributed by atoms with Crippen molar-refractivity contribution < 1.29 is 8.42 Å². The molecule has 0 fully saturated rings. The molecule has 0 amide bonds. The molecule has 1 heterocycles. The van der Waals surface area contributed by atoms with Crippen LogP contribution in [0.25, 0.3) is 0 Å². The molecule has 0 radical (unpaired) electrons. The number of rotatable bonds is 3. The van der Waals surface area contributed by atoms with Crippen molar-refractivity contribution in [1.29, 1.82) is 0 Å². The highest BCUT2D eigenvalue weighted by molar-refractivity contribution is 7.93. The molecule has 0 spiro atoms. The van der Waals surface area contributed by atoms with Crippen LogP contribution >= 0.6 is 0 Å². The lowest BCUT2D eigenvalue weighted by Gasteiger charge is -2.19. The molecule has 0 aromatic carbocycles. The first-order valence-electron chi connectivity index (χ1n) is 4.81. The maximum absolute atomic E-state index is 11.3. The van der Waals surface area contributed by atoms with Gasteiger partial charge in [-0.2, -0.15) is 8.42 Å². The lowest BCUT2D eigenvalue weighted by Crippen LogP contribution is -2.32. The van der Waals surface area contributed by atoms with Crippen LogP contribution in [0.5, 0.6) is 0 Å². The smallest absolute Gasteiger partial charge is 0.278 e. The van der Waals surface area contributed by atoms with Gasteiger partial charge in [-0.05, 0) is 12.8 Å². The van der Waals surface area contributed by atoms with E-state index >= 15 is 0 Å². The van der Waals surface area contributed by atoms with Gasteiger partial charge in [0.15, 0.2) is 0 Å². The summed E-state index contributed by atoms with van der Waals surface area (Å²) < 4.78 is 26.4. The molecule has 1 atom stereocenters. The molecular weight excluding hydrogens is 200 g/mol. The molecule has 14 heavy (non-hydrogen) atoms. The predicted molar refractivity (Wildman–Crippen MR) is 57.3 cm³/mol. The standard InChI is InChI=1S/C9H16N2O2S/c1-4-7(3)9-10-8(5-2)6-14(12,13)11-9/h6-7H,4-5H2,1-3H3,(H,10,11). The molecule has 4 nitrogen and oxygen atoms in total.